The molecule has 1 saturated carbocycles. The highest BCUT2D eigenvalue weighted by Crippen LogP contribution is 2.50. The number of ether oxygens (including phenoxy) is 1. The number of esters is 1. The molecular weight excluding hydrogens is 166 g/mol. The van der Waals surface area contributed by atoms with E-state index in [0.29, 0.717) is 12.0 Å². The number of nitrogens with zero attached hydrogens (tertiary/aromatic N) is 1. The molecule has 1 heterocycles. The van der Waals surface area contributed by atoms with Crippen molar-refractivity contribution in [2.24, 2.45) is 11.8 Å². The van der Waals surface area contributed by atoms with Crippen molar-refractivity contribution in [3.8, 4) is 0 Å². The molecule has 2 aliphatic rings. The quantitative estimate of drug-likeness (QED) is 0.595. The first-order valence-corrected chi connectivity index (χ1v) is 4.98. The predicted octanol–water partition coefficient (Wildman–Crippen LogP) is 0.888. The minimum Gasteiger partial charge on any atom is -0.468 e. The molecule has 0 spiro atoms. The van der Waals surface area contributed by atoms with E-state index in [1.807, 2.05) is 0 Å². The minimum atomic E-state index is -0.0429. The summed E-state index contributed by atoms with van der Waals surface area (Å²) in [5.74, 6) is 1.32. The summed E-state index contributed by atoms with van der Waals surface area (Å²) >= 11 is 0. The van der Waals surface area contributed by atoms with E-state index in [2.05, 4.69) is 18.7 Å². The van der Waals surface area contributed by atoms with Gasteiger partial charge in [-0.3, -0.25) is 9.69 Å². The Kier molecular flexibility index (Phi) is 2.06. The fourth-order valence-corrected chi connectivity index (χ4v) is 2.46. The summed E-state index contributed by atoms with van der Waals surface area (Å²) < 4.78 is 4.83. The Morgan fingerprint density at radius 1 is 1.54 bits per heavy atom. The van der Waals surface area contributed by atoms with Crippen LogP contribution in [0, 0.1) is 11.8 Å². The normalized spacial score (nSPS) is 37.7. The van der Waals surface area contributed by atoms with Crippen molar-refractivity contribution >= 4 is 5.97 Å². The average Bonchev–Trinajstić information content (AvgIpc) is 2.76. The number of likely N-dealkylation sites (tertiary alicyclic amines) is 1. The van der Waals surface area contributed by atoms with Gasteiger partial charge in [-0.15, -0.1) is 0 Å². The third kappa shape index (κ3) is 1.35. The van der Waals surface area contributed by atoms with E-state index in [-0.39, 0.29) is 12.0 Å². The standard InChI is InChI=1S/C10H17NO2/c1-6(2)11-5-7-4-8(7)9(11)10(12)13-3/h6-9H,4-5H2,1-3H3/t7-,8-,9+/m1/s1. The van der Waals surface area contributed by atoms with Gasteiger partial charge in [-0.05, 0) is 32.1 Å². The van der Waals surface area contributed by atoms with E-state index in [1.54, 1.807) is 0 Å². The number of methoxy groups -OCH3 is 1. The molecule has 0 unspecified atom stereocenters. The number of hydrogen-bond acceptors (Lipinski definition) is 3. The average molecular weight is 183 g/mol. The monoisotopic (exact) mass is 183 g/mol. The maximum Gasteiger partial charge on any atom is 0.323 e. The van der Waals surface area contributed by atoms with Gasteiger partial charge >= 0.3 is 5.97 Å². The maximum atomic E-state index is 11.5. The first-order chi connectivity index (χ1) is 6.15. The summed E-state index contributed by atoms with van der Waals surface area (Å²) in [6, 6.07) is 0.506. The first kappa shape index (κ1) is 9.00. The molecule has 0 aromatic heterocycles. The SMILES string of the molecule is COC(=O)[C@@H]1[C@@H]2C[C@@H]2CN1C(C)C. The zero-order valence-corrected chi connectivity index (χ0v) is 8.49. The van der Waals surface area contributed by atoms with Gasteiger partial charge in [-0.1, -0.05) is 0 Å². The van der Waals surface area contributed by atoms with Crippen molar-refractivity contribution in [1.82, 2.24) is 4.90 Å². The summed E-state index contributed by atoms with van der Waals surface area (Å²) in [6.07, 6.45) is 1.23. The lowest BCUT2D eigenvalue weighted by Crippen LogP contribution is -2.43. The number of hydrogen-bond donors (Lipinski definition) is 0. The van der Waals surface area contributed by atoms with Crippen LogP contribution in [0.1, 0.15) is 20.3 Å². The van der Waals surface area contributed by atoms with Crippen LogP contribution >= 0.6 is 0 Å². The van der Waals surface area contributed by atoms with Gasteiger partial charge < -0.3 is 4.74 Å². The van der Waals surface area contributed by atoms with Crippen LogP contribution in [0.3, 0.4) is 0 Å². The molecule has 3 atom stereocenters. The smallest absolute Gasteiger partial charge is 0.323 e. The van der Waals surface area contributed by atoms with Gasteiger partial charge in [0.05, 0.1) is 7.11 Å². The largest absolute Gasteiger partial charge is 0.468 e. The summed E-state index contributed by atoms with van der Waals surface area (Å²) in [4.78, 5) is 13.8. The Morgan fingerprint density at radius 2 is 2.23 bits per heavy atom. The van der Waals surface area contributed by atoms with Crippen LogP contribution in [-0.2, 0) is 9.53 Å². The van der Waals surface area contributed by atoms with Gasteiger partial charge in [0.2, 0.25) is 0 Å². The predicted molar refractivity (Wildman–Crippen MR) is 49.2 cm³/mol. The van der Waals surface area contributed by atoms with Gasteiger partial charge in [0, 0.05) is 12.6 Å². The molecule has 2 rings (SSSR count). The molecule has 1 aliphatic heterocycles. The van der Waals surface area contributed by atoms with Gasteiger partial charge in [-0.25, -0.2) is 0 Å². The second-order valence-corrected chi connectivity index (χ2v) is 4.42. The van der Waals surface area contributed by atoms with E-state index in [4.69, 9.17) is 4.74 Å². The highest BCUT2D eigenvalue weighted by Gasteiger charge is 2.56. The number of piperidine rings is 1. The molecule has 0 bridgehead atoms. The Bertz CT molecular complexity index is 227. The van der Waals surface area contributed by atoms with Crippen LogP contribution in [0.5, 0.6) is 0 Å². The van der Waals surface area contributed by atoms with Crippen LogP contribution in [-0.4, -0.2) is 36.6 Å². The Hall–Kier alpha value is -0.570. The molecular formula is C10H17NO2. The topological polar surface area (TPSA) is 29.5 Å². The number of carbonyl (C=O) groups excluding carboxylic acids is 1. The highest BCUT2D eigenvalue weighted by atomic mass is 16.5. The first-order valence-electron chi connectivity index (χ1n) is 4.98. The molecule has 74 valence electrons. The molecule has 0 amide bonds. The molecule has 1 saturated heterocycles. The molecule has 0 radical (unpaired) electrons. The zero-order chi connectivity index (χ0) is 9.59. The summed E-state index contributed by atoms with van der Waals surface area (Å²) in [5.41, 5.74) is 0. The number of fused-ring (bicyclic) bond motifs is 1. The molecule has 0 aromatic carbocycles. The van der Waals surface area contributed by atoms with Gasteiger partial charge in [0.25, 0.3) is 0 Å². The fraction of sp³-hybridized carbons (Fsp3) is 0.900. The Balaban J connectivity index is 2.09. The van der Waals surface area contributed by atoms with E-state index in [1.165, 1.54) is 13.5 Å². The lowest BCUT2D eigenvalue weighted by atomic mass is 10.1. The summed E-state index contributed by atoms with van der Waals surface area (Å²) in [6.45, 7) is 5.36. The lowest BCUT2D eigenvalue weighted by Gasteiger charge is -2.28. The second kappa shape index (κ2) is 2.98. The Morgan fingerprint density at radius 3 is 2.77 bits per heavy atom. The van der Waals surface area contributed by atoms with Crippen LogP contribution < -0.4 is 0 Å². The molecule has 3 nitrogen and oxygen atoms in total. The van der Waals surface area contributed by atoms with Crippen LogP contribution in [0.15, 0.2) is 0 Å². The van der Waals surface area contributed by atoms with Crippen molar-refractivity contribution < 1.29 is 9.53 Å². The third-order valence-corrected chi connectivity index (χ3v) is 3.29. The summed E-state index contributed by atoms with van der Waals surface area (Å²) in [5, 5.41) is 0. The molecule has 0 N–H and O–H groups in total. The van der Waals surface area contributed by atoms with Gasteiger partial charge in [0.15, 0.2) is 0 Å². The van der Waals surface area contributed by atoms with Crippen molar-refractivity contribution in [3.63, 3.8) is 0 Å². The second-order valence-electron chi connectivity index (χ2n) is 4.42. The van der Waals surface area contributed by atoms with Gasteiger partial charge in [-0.2, -0.15) is 0 Å². The zero-order valence-electron chi connectivity index (χ0n) is 8.49. The summed E-state index contributed by atoms with van der Waals surface area (Å²) in [7, 11) is 1.48. The highest BCUT2D eigenvalue weighted by molar-refractivity contribution is 5.77. The van der Waals surface area contributed by atoms with Crippen LogP contribution in [0.25, 0.3) is 0 Å². The lowest BCUT2D eigenvalue weighted by molar-refractivity contribution is -0.147. The van der Waals surface area contributed by atoms with Crippen molar-refractivity contribution in [1.29, 1.82) is 0 Å². The number of rotatable bonds is 2. The van der Waals surface area contributed by atoms with E-state index in [9.17, 15) is 4.79 Å². The number of carbonyl (C=O) groups is 1. The third-order valence-electron chi connectivity index (χ3n) is 3.29. The van der Waals surface area contributed by atoms with Crippen molar-refractivity contribution in [3.05, 3.63) is 0 Å². The molecule has 2 fully saturated rings. The molecule has 13 heavy (non-hydrogen) atoms. The van der Waals surface area contributed by atoms with E-state index < -0.39 is 0 Å². The molecule has 0 aromatic rings. The molecule has 1 aliphatic carbocycles. The van der Waals surface area contributed by atoms with Crippen molar-refractivity contribution in [2.45, 2.75) is 32.4 Å². The van der Waals surface area contributed by atoms with Crippen molar-refractivity contribution in [2.75, 3.05) is 13.7 Å². The van der Waals surface area contributed by atoms with Gasteiger partial charge in [0.1, 0.15) is 6.04 Å². The molecule has 3 heteroatoms. The maximum absolute atomic E-state index is 11.5. The Labute approximate surface area is 79.0 Å². The van der Waals surface area contributed by atoms with E-state index >= 15 is 0 Å². The fourth-order valence-electron chi connectivity index (χ4n) is 2.46. The van der Waals surface area contributed by atoms with E-state index in [0.717, 1.165) is 12.5 Å². The van der Waals surface area contributed by atoms with Crippen LogP contribution in [0.4, 0.5) is 0 Å². The van der Waals surface area contributed by atoms with Crippen LogP contribution in [0.2, 0.25) is 0 Å². The minimum absolute atomic E-state index is 0.0429.